The zero-order chi connectivity index (χ0) is 15.4. The summed E-state index contributed by atoms with van der Waals surface area (Å²) in [5.41, 5.74) is 0.736. The molecule has 1 saturated heterocycles. The molecule has 21 heavy (non-hydrogen) atoms. The van der Waals surface area contributed by atoms with E-state index in [1.54, 1.807) is 6.07 Å². The predicted molar refractivity (Wildman–Crippen MR) is 77.2 cm³/mol. The third kappa shape index (κ3) is 3.64. The summed E-state index contributed by atoms with van der Waals surface area (Å²) >= 11 is 5.99. The first-order chi connectivity index (χ1) is 10.0. The van der Waals surface area contributed by atoms with Gasteiger partial charge < -0.3 is 15.3 Å². The molecule has 1 aliphatic rings. The molecular formula is C14H14ClN3O3. The molecule has 0 spiro atoms. The van der Waals surface area contributed by atoms with Crippen molar-refractivity contribution in [2.24, 2.45) is 0 Å². The third-order valence-corrected chi connectivity index (χ3v) is 3.71. The van der Waals surface area contributed by atoms with Crippen LogP contribution in [0, 0.1) is 11.3 Å². The summed E-state index contributed by atoms with van der Waals surface area (Å²) in [6, 6.07) is 5.85. The fourth-order valence-corrected chi connectivity index (χ4v) is 2.56. The molecule has 1 aromatic rings. The third-order valence-electron chi connectivity index (χ3n) is 3.39. The maximum absolute atomic E-state index is 12.2. The van der Waals surface area contributed by atoms with Crippen LogP contribution < -0.4 is 5.32 Å². The van der Waals surface area contributed by atoms with Crippen molar-refractivity contribution in [2.45, 2.75) is 25.3 Å². The van der Waals surface area contributed by atoms with E-state index in [0.29, 0.717) is 29.2 Å². The van der Waals surface area contributed by atoms with Gasteiger partial charge in [-0.25, -0.2) is 4.79 Å². The normalized spacial score (nSPS) is 17.3. The number of nitriles is 1. The Balaban J connectivity index is 2.11. The van der Waals surface area contributed by atoms with Crippen molar-refractivity contribution in [1.29, 1.82) is 5.26 Å². The van der Waals surface area contributed by atoms with Gasteiger partial charge in [0.15, 0.2) is 0 Å². The van der Waals surface area contributed by atoms with Crippen LogP contribution in [-0.2, 0) is 4.79 Å². The Morgan fingerprint density at radius 1 is 1.52 bits per heavy atom. The summed E-state index contributed by atoms with van der Waals surface area (Å²) in [6.45, 7) is 0.513. The van der Waals surface area contributed by atoms with E-state index in [4.69, 9.17) is 22.0 Å². The minimum Gasteiger partial charge on any atom is -0.481 e. The quantitative estimate of drug-likeness (QED) is 0.897. The van der Waals surface area contributed by atoms with Crippen LogP contribution >= 0.6 is 11.6 Å². The summed E-state index contributed by atoms with van der Waals surface area (Å²) in [7, 11) is 0. The second kappa shape index (κ2) is 6.46. The van der Waals surface area contributed by atoms with Gasteiger partial charge in [-0.15, -0.1) is 0 Å². The number of carbonyl (C=O) groups is 2. The van der Waals surface area contributed by atoms with Crippen LogP contribution in [0.4, 0.5) is 10.5 Å². The Kier molecular flexibility index (Phi) is 4.66. The minimum absolute atomic E-state index is 0.0701. The monoisotopic (exact) mass is 307 g/mol. The lowest BCUT2D eigenvalue weighted by molar-refractivity contribution is -0.137. The van der Waals surface area contributed by atoms with Gasteiger partial charge >= 0.3 is 12.0 Å². The lowest BCUT2D eigenvalue weighted by Gasteiger charge is -2.24. The standard InChI is InChI=1S/C14H14ClN3O3/c15-11-4-3-9(8-16)6-12(11)17-14(21)18-5-1-2-10(18)7-13(19)20/h3-4,6,10H,1-2,5,7H2,(H,17,21)(H,19,20). The SMILES string of the molecule is N#Cc1ccc(Cl)c(NC(=O)N2CCCC2CC(=O)O)c1. The van der Waals surface area contributed by atoms with Gasteiger partial charge in [0, 0.05) is 12.6 Å². The first-order valence-corrected chi connectivity index (χ1v) is 6.88. The summed E-state index contributed by atoms with van der Waals surface area (Å²) in [5.74, 6) is -0.927. The first kappa shape index (κ1) is 15.1. The zero-order valence-electron chi connectivity index (χ0n) is 11.2. The highest BCUT2D eigenvalue weighted by Gasteiger charge is 2.30. The van der Waals surface area contributed by atoms with Gasteiger partial charge in [-0.1, -0.05) is 11.6 Å². The second-order valence-electron chi connectivity index (χ2n) is 4.82. The smallest absolute Gasteiger partial charge is 0.322 e. The number of nitrogens with one attached hydrogen (secondary N) is 1. The van der Waals surface area contributed by atoms with Crippen molar-refractivity contribution in [3.8, 4) is 6.07 Å². The lowest BCUT2D eigenvalue weighted by Crippen LogP contribution is -2.39. The van der Waals surface area contributed by atoms with Gasteiger partial charge in [0.1, 0.15) is 0 Å². The molecule has 110 valence electrons. The van der Waals surface area contributed by atoms with Gasteiger partial charge in [0.05, 0.1) is 28.8 Å². The fraction of sp³-hybridized carbons (Fsp3) is 0.357. The number of nitrogens with zero attached hydrogens (tertiary/aromatic N) is 2. The number of carbonyl (C=O) groups excluding carboxylic acids is 1. The molecule has 0 aliphatic carbocycles. The topological polar surface area (TPSA) is 93.4 Å². The van der Waals surface area contributed by atoms with Gasteiger partial charge in [-0.05, 0) is 31.0 Å². The first-order valence-electron chi connectivity index (χ1n) is 6.50. The highest BCUT2D eigenvalue weighted by atomic mass is 35.5. The van der Waals surface area contributed by atoms with E-state index < -0.39 is 12.0 Å². The Morgan fingerprint density at radius 2 is 2.29 bits per heavy atom. The molecule has 1 heterocycles. The molecule has 6 nitrogen and oxygen atoms in total. The summed E-state index contributed by atoms with van der Waals surface area (Å²) in [6.07, 6.45) is 1.38. The number of carboxylic acids is 1. The number of hydrogen-bond donors (Lipinski definition) is 2. The molecular weight excluding hydrogens is 294 g/mol. The molecule has 1 fully saturated rings. The maximum Gasteiger partial charge on any atom is 0.322 e. The number of carboxylic acid groups (broad SMARTS) is 1. The van der Waals surface area contributed by atoms with Crippen LogP contribution in [0.1, 0.15) is 24.8 Å². The van der Waals surface area contributed by atoms with Gasteiger partial charge in [-0.3, -0.25) is 4.79 Å². The zero-order valence-corrected chi connectivity index (χ0v) is 11.9. The molecule has 1 aliphatic heterocycles. The summed E-state index contributed by atoms with van der Waals surface area (Å²) < 4.78 is 0. The van der Waals surface area contributed by atoms with Crippen molar-refractivity contribution in [1.82, 2.24) is 4.90 Å². The molecule has 0 saturated carbocycles. The Bertz CT molecular complexity index is 612. The van der Waals surface area contributed by atoms with Crippen molar-refractivity contribution >= 4 is 29.3 Å². The second-order valence-corrected chi connectivity index (χ2v) is 5.23. The number of urea groups is 1. The van der Waals surface area contributed by atoms with Crippen LogP contribution in [0.2, 0.25) is 5.02 Å². The van der Waals surface area contributed by atoms with Crippen LogP contribution in [0.15, 0.2) is 18.2 Å². The van der Waals surface area contributed by atoms with E-state index in [1.165, 1.54) is 17.0 Å². The molecule has 1 atom stereocenters. The number of rotatable bonds is 3. The number of hydrogen-bond acceptors (Lipinski definition) is 3. The number of aliphatic carboxylic acids is 1. The lowest BCUT2D eigenvalue weighted by atomic mass is 10.1. The highest BCUT2D eigenvalue weighted by Crippen LogP contribution is 2.25. The molecule has 7 heteroatoms. The average molecular weight is 308 g/mol. The number of benzene rings is 1. The molecule has 2 rings (SSSR count). The van der Waals surface area contributed by atoms with Crippen LogP contribution in [0.25, 0.3) is 0 Å². The highest BCUT2D eigenvalue weighted by molar-refractivity contribution is 6.33. The molecule has 0 aromatic heterocycles. The van der Waals surface area contributed by atoms with E-state index in [0.717, 1.165) is 6.42 Å². The minimum atomic E-state index is -0.927. The van der Waals surface area contributed by atoms with Crippen LogP contribution in [0.3, 0.4) is 0 Å². The summed E-state index contributed by atoms with van der Waals surface area (Å²) in [4.78, 5) is 24.5. The van der Waals surface area contributed by atoms with Crippen molar-refractivity contribution in [3.05, 3.63) is 28.8 Å². The summed E-state index contributed by atoms with van der Waals surface area (Å²) in [5, 5.41) is 20.7. The van der Waals surface area contributed by atoms with Gasteiger partial charge in [-0.2, -0.15) is 5.26 Å². The van der Waals surface area contributed by atoms with Crippen LogP contribution in [-0.4, -0.2) is 34.6 Å². The Labute approximate surface area is 126 Å². The maximum atomic E-state index is 12.2. The molecule has 1 aromatic carbocycles. The average Bonchev–Trinajstić information content (AvgIpc) is 2.88. The van der Waals surface area contributed by atoms with Crippen molar-refractivity contribution < 1.29 is 14.7 Å². The van der Waals surface area contributed by atoms with E-state index >= 15 is 0 Å². The fourth-order valence-electron chi connectivity index (χ4n) is 2.39. The number of amides is 2. The Hall–Kier alpha value is -2.26. The number of likely N-dealkylation sites (tertiary alicyclic amines) is 1. The van der Waals surface area contributed by atoms with Gasteiger partial charge in [0.25, 0.3) is 0 Å². The number of halogens is 1. The molecule has 0 radical (unpaired) electrons. The van der Waals surface area contributed by atoms with E-state index in [1.807, 2.05) is 6.07 Å². The van der Waals surface area contributed by atoms with Crippen molar-refractivity contribution in [3.63, 3.8) is 0 Å². The predicted octanol–water partition coefficient (Wildman–Crippen LogP) is 2.68. The Morgan fingerprint density at radius 3 is 2.95 bits per heavy atom. The molecule has 1 unspecified atom stereocenters. The van der Waals surface area contributed by atoms with E-state index in [9.17, 15) is 9.59 Å². The van der Waals surface area contributed by atoms with E-state index in [-0.39, 0.29) is 12.5 Å². The largest absolute Gasteiger partial charge is 0.481 e. The van der Waals surface area contributed by atoms with Crippen molar-refractivity contribution in [2.75, 3.05) is 11.9 Å². The molecule has 2 N–H and O–H groups in total. The van der Waals surface area contributed by atoms with Gasteiger partial charge in [0.2, 0.25) is 0 Å². The van der Waals surface area contributed by atoms with E-state index in [2.05, 4.69) is 5.32 Å². The number of anilines is 1. The molecule has 0 bridgehead atoms. The molecule has 2 amide bonds. The van der Waals surface area contributed by atoms with Crippen LogP contribution in [0.5, 0.6) is 0 Å².